The van der Waals surface area contributed by atoms with Gasteiger partial charge in [-0.15, -0.1) is 0 Å². The van der Waals surface area contributed by atoms with E-state index in [1.54, 1.807) is 0 Å². The highest BCUT2D eigenvalue weighted by Gasteiger charge is 2.29. The molecular weight excluding hydrogens is 691 g/mol. The van der Waals surface area contributed by atoms with Crippen LogP contribution in [-0.2, 0) is 42.7 Å². The maximum atomic E-state index is 13.9. The molecule has 2 aromatic heterocycles. The molecule has 0 N–H and O–H groups in total. The number of hydrogen-bond acceptors (Lipinski definition) is 8. The number of hydrogen-bond donors (Lipinski definition) is 0. The zero-order valence-corrected chi connectivity index (χ0v) is 32.3. The summed E-state index contributed by atoms with van der Waals surface area (Å²) in [4.78, 5) is 18.7. The first-order valence-electron chi connectivity index (χ1n) is 19.7. The summed E-state index contributed by atoms with van der Waals surface area (Å²) in [5, 5.41) is 8.31. The van der Waals surface area contributed by atoms with Gasteiger partial charge in [0.25, 0.3) is 0 Å². The Morgan fingerprint density at radius 3 is 2.45 bits per heavy atom. The Balaban J connectivity index is 1.13. The van der Waals surface area contributed by atoms with E-state index in [0.29, 0.717) is 45.1 Å². The van der Waals surface area contributed by atoms with E-state index in [4.69, 9.17) is 24.0 Å². The molecule has 1 fully saturated rings. The fourth-order valence-corrected chi connectivity index (χ4v) is 8.15. The summed E-state index contributed by atoms with van der Waals surface area (Å²) in [6, 6.07) is 29.2. The zero-order chi connectivity index (χ0) is 37.7. The van der Waals surface area contributed by atoms with Crippen molar-refractivity contribution in [3.05, 3.63) is 108 Å². The summed E-state index contributed by atoms with van der Waals surface area (Å²) < 4.78 is 28.9. The molecular formula is C45H51N5O5. The van der Waals surface area contributed by atoms with E-state index in [-0.39, 0.29) is 12.6 Å². The molecule has 2 aliphatic heterocycles. The number of aromatic nitrogens is 3. The molecule has 10 nitrogen and oxygen atoms in total. The van der Waals surface area contributed by atoms with E-state index in [0.717, 1.165) is 107 Å². The highest BCUT2D eigenvalue weighted by atomic mass is 16.5. The molecule has 1 saturated heterocycles. The molecule has 10 heteroatoms. The first-order valence-corrected chi connectivity index (χ1v) is 19.7. The molecule has 2 aliphatic rings. The molecule has 55 heavy (non-hydrogen) atoms. The molecule has 0 saturated carbocycles. The number of benzene rings is 4. The Bertz CT molecular complexity index is 2260. The van der Waals surface area contributed by atoms with E-state index in [1.165, 1.54) is 5.69 Å². The number of ether oxygens (including phenoxy) is 4. The summed E-state index contributed by atoms with van der Waals surface area (Å²) in [5.41, 5.74) is 7.66. The molecule has 0 aliphatic carbocycles. The maximum absolute atomic E-state index is 13.9. The molecule has 4 aromatic carbocycles. The van der Waals surface area contributed by atoms with Crippen LogP contribution in [0.15, 0.2) is 84.9 Å². The lowest BCUT2D eigenvalue weighted by atomic mass is 9.98. The Hall–Kier alpha value is -5.32. The van der Waals surface area contributed by atoms with Gasteiger partial charge in [0.15, 0.2) is 0 Å². The van der Waals surface area contributed by atoms with Gasteiger partial charge < -0.3 is 33.3 Å². The number of aryl methyl sites for hydroxylation is 3. The summed E-state index contributed by atoms with van der Waals surface area (Å²) in [6.07, 6.45) is 3.13. The monoisotopic (exact) mass is 741 g/mol. The lowest BCUT2D eigenvalue weighted by molar-refractivity contribution is 0.0512. The predicted octanol–water partition coefficient (Wildman–Crippen LogP) is 8.02. The largest absolute Gasteiger partial charge is 0.493 e. The molecule has 0 unspecified atom stereocenters. The number of anilines is 1. The summed E-state index contributed by atoms with van der Waals surface area (Å²) in [7, 11) is 4.15. The minimum Gasteiger partial charge on any atom is -0.493 e. The van der Waals surface area contributed by atoms with Crippen molar-refractivity contribution < 1.29 is 23.7 Å². The zero-order valence-electron chi connectivity index (χ0n) is 32.3. The topological polar surface area (TPSA) is 83.2 Å². The Kier molecular flexibility index (Phi) is 11.1. The predicted molar refractivity (Wildman–Crippen MR) is 217 cm³/mol. The number of fused-ring (bicyclic) bond motifs is 3. The highest BCUT2D eigenvalue weighted by Crippen LogP contribution is 2.40. The van der Waals surface area contributed by atoms with Crippen LogP contribution < -0.4 is 14.4 Å². The molecule has 0 spiro atoms. The van der Waals surface area contributed by atoms with Gasteiger partial charge in [-0.3, -0.25) is 4.68 Å². The molecule has 0 atom stereocenters. The van der Waals surface area contributed by atoms with Crippen molar-refractivity contribution in [1.29, 1.82) is 0 Å². The average molecular weight is 742 g/mol. The van der Waals surface area contributed by atoms with Gasteiger partial charge in [0.05, 0.1) is 31.0 Å². The first-order chi connectivity index (χ1) is 27.0. The van der Waals surface area contributed by atoms with Crippen molar-refractivity contribution in [2.24, 2.45) is 7.05 Å². The number of carbonyl (C=O) groups excluding carboxylic acids is 1. The van der Waals surface area contributed by atoms with Crippen LogP contribution in [-0.4, -0.2) is 78.3 Å². The van der Waals surface area contributed by atoms with Gasteiger partial charge in [0.1, 0.15) is 29.5 Å². The Morgan fingerprint density at radius 2 is 1.62 bits per heavy atom. The molecule has 6 aromatic rings. The second-order valence-corrected chi connectivity index (χ2v) is 14.6. The molecule has 8 rings (SSSR count). The lowest BCUT2D eigenvalue weighted by Crippen LogP contribution is -2.44. The number of para-hydroxylation sites is 1. The molecule has 0 bridgehead atoms. The van der Waals surface area contributed by atoms with Crippen LogP contribution in [0.3, 0.4) is 0 Å². The quantitative estimate of drug-likeness (QED) is 0.0976. The molecule has 0 radical (unpaired) electrons. The number of esters is 1. The second-order valence-electron chi connectivity index (χ2n) is 14.6. The van der Waals surface area contributed by atoms with Crippen LogP contribution >= 0.6 is 0 Å². The van der Waals surface area contributed by atoms with Gasteiger partial charge in [-0.2, -0.15) is 5.10 Å². The van der Waals surface area contributed by atoms with Crippen molar-refractivity contribution >= 4 is 33.3 Å². The van der Waals surface area contributed by atoms with Gasteiger partial charge in [-0.05, 0) is 80.9 Å². The average Bonchev–Trinajstić information content (AvgIpc) is 3.69. The number of carbonyl (C=O) groups is 1. The SMILES string of the molecule is CCOC(=O)c1c(CCCOc2cccc3ccccc23)c2cccc3c2n1CCCCOCc1c-3c(COc2ccc(N3CCN(C)CC3)cc2)nn1C. The smallest absolute Gasteiger partial charge is 0.355 e. The number of nitrogens with zero attached hydrogens (tertiary/aromatic N) is 5. The summed E-state index contributed by atoms with van der Waals surface area (Å²) in [6.45, 7) is 8.84. The van der Waals surface area contributed by atoms with Gasteiger partial charge >= 0.3 is 5.97 Å². The van der Waals surface area contributed by atoms with E-state index >= 15 is 0 Å². The lowest BCUT2D eigenvalue weighted by Gasteiger charge is -2.34. The third-order valence-corrected chi connectivity index (χ3v) is 11.0. The standard InChI is InChI=1S/C45H51N5O5/c1-4-53-45(51)44-37(17-11-29-54-41-18-9-13-32-12-5-6-14-35(32)41)36-15-10-16-38-42-39(46-48(3)40(42)31-52-28-8-7-23-50(44)43(36)38)30-55-34-21-19-33(20-22-34)49-26-24-47(2)25-27-49/h5-6,9-10,12-16,18-22H,4,7-8,11,17,23-31H2,1-3H3. The molecule has 286 valence electrons. The summed E-state index contributed by atoms with van der Waals surface area (Å²) in [5.74, 6) is 1.37. The van der Waals surface area contributed by atoms with E-state index in [9.17, 15) is 4.79 Å². The minimum absolute atomic E-state index is 0.289. The minimum atomic E-state index is -0.296. The fourth-order valence-electron chi connectivity index (χ4n) is 8.15. The van der Waals surface area contributed by atoms with Crippen LogP contribution in [0, 0.1) is 0 Å². The van der Waals surface area contributed by atoms with Gasteiger partial charge in [-0.1, -0.05) is 54.6 Å². The fraction of sp³-hybridized carbons (Fsp3) is 0.378. The third kappa shape index (κ3) is 7.66. The number of rotatable bonds is 11. The van der Waals surface area contributed by atoms with Gasteiger partial charge in [-0.25, -0.2) is 4.79 Å². The van der Waals surface area contributed by atoms with Crippen LogP contribution in [0.1, 0.15) is 53.6 Å². The van der Waals surface area contributed by atoms with Crippen molar-refractivity contribution in [3.8, 4) is 22.6 Å². The maximum Gasteiger partial charge on any atom is 0.355 e. The number of piperazine rings is 1. The number of likely N-dealkylation sites (N-methyl/N-ethyl adjacent to an activating group) is 1. The van der Waals surface area contributed by atoms with Gasteiger partial charge in [0, 0.05) is 74.0 Å². The van der Waals surface area contributed by atoms with Crippen molar-refractivity contribution in [1.82, 2.24) is 19.2 Å². The first kappa shape index (κ1) is 36.6. The molecule has 4 heterocycles. The van der Waals surface area contributed by atoms with Crippen LogP contribution in [0.5, 0.6) is 11.5 Å². The Labute approximate surface area is 323 Å². The van der Waals surface area contributed by atoms with Crippen LogP contribution in [0.25, 0.3) is 32.8 Å². The van der Waals surface area contributed by atoms with E-state index in [1.807, 2.05) is 42.9 Å². The summed E-state index contributed by atoms with van der Waals surface area (Å²) >= 11 is 0. The van der Waals surface area contributed by atoms with Crippen molar-refractivity contribution in [3.63, 3.8) is 0 Å². The van der Waals surface area contributed by atoms with Crippen molar-refractivity contribution in [2.45, 2.75) is 52.4 Å². The van der Waals surface area contributed by atoms with E-state index in [2.05, 4.69) is 82.1 Å². The Morgan fingerprint density at radius 1 is 0.836 bits per heavy atom. The van der Waals surface area contributed by atoms with Crippen molar-refractivity contribution in [2.75, 3.05) is 57.9 Å². The highest BCUT2D eigenvalue weighted by molar-refractivity contribution is 6.05. The molecule has 0 amide bonds. The van der Waals surface area contributed by atoms with Crippen LogP contribution in [0.4, 0.5) is 5.69 Å². The normalized spacial score (nSPS) is 15.1. The second kappa shape index (κ2) is 16.6. The third-order valence-electron chi connectivity index (χ3n) is 11.0. The van der Waals surface area contributed by atoms with E-state index < -0.39 is 0 Å². The van der Waals surface area contributed by atoms with Gasteiger partial charge in [0.2, 0.25) is 0 Å². The van der Waals surface area contributed by atoms with Crippen LogP contribution in [0.2, 0.25) is 0 Å².